The van der Waals surface area contributed by atoms with Crippen LogP contribution in [0, 0.1) is 39.9 Å². The SMILES string of the molecule is CC(=O)OC[C@]1(C)CCC[C@]2(C)[C@@H]1CC[C@]13CC(CC[C@H]12)[C@@H](C(=O)O)C3. The molecule has 0 radical (unpaired) electrons. The second kappa shape index (κ2) is 5.97. The van der Waals surface area contributed by atoms with E-state index in [-0.39, 0.29) is 28.1 Å². The summed E-state index contributed by atoms with van der Waals surface area (Å²) < 4.78 is 5.51. The molecule has 0 aromatic carbocycles. The Bertz CT molecular complexity index is 615. The van der Waals surface area contributed by atoms with Gasteiger partial charge in [0.25, 0.3) is 0 Å². The second-order valence-electron chi connectivity index (χ2n) is 10.5. The van der Waals surface area contributed by atoms with E-state index in [1.807, 2.05) is 0 Å². The number of esters is 1. The van der Waals surface area contributed by atoms with Gasteiger partial charge < -0.3 is 9.84 Å². The fourth-order valence-corrected chi connectivity index (χ4v) is 8.31. The fourth-order valence-electron chi connectivity index (χ4n) is 8.31. The lowest BCUT2D eigenvalue weighted by molar-refractivity contribution is -0.172. The van der Waals surface area contributed by atoms with E-state index in [1.165, 1.54) is 39.0 Å². The molecule has 26 heavy (non-hydrogen) atoms. The molecule has 7 atom stereocenters. The first-order valence-electron chi connectivity index (χ1n) is 10.6. The number of hydrogen-bond acceptors (Lipinski definition) is 3. The largest absolute Gasteiger partial charge is 0.481 e. The summed E-state index contributed by atoms with van der Waals surface area (Å²) >= 11 is 0. The zero-order valence-corrected chi connectivity index (χ0v) is 16.6. The van der Waals surface area contributed by atoms with Crippen LogP contribution in [0.4, 0.5) is 0 Å². The summed E-state index contributed by atoms with van der Waals surface area (Å²) in [4.78, 5) is 23.2. The molecule has 0 amide bonds. The summed E-state index contributed by atoms with van der Waals surface area (Å²) in [6, 6.07) is 0. The summed E-state index contributed by atoms with van der Waals surface area (Å²) in [5.41, 5.74) is 0.600. The van der Waals surface area contributed by atoms with Crippen LogP contribution in [0.15, 0.2) is 0 Å². The first-order chi connectivity index (χ1) is 12.2. The molecule has 1 N–H and O–H groups in total. The maximum Gasteiger partial charge on any atom is 0.306 e. The Hall–Kier alpha value is -1.06. The quantitative estimate of drug-likeness (QED) is 0.742. The molecule has 0 saturated heterocycles. The summed E-state index contributed by atoms with van der Waals surface area (Å²) in [5.74, 6) is 0.774. The first kappa shape index (κ1) is 18.3. The lowest BCUT2D eigenvalue weighted by Crippen LogP contribution is -2.57. The van der Waals surface area contributed by atoms with Gasteiger partial charge in [-0.2, -0.15) is 0 Å². The van der Waals surface area contributed by atoms with Crippen LogP contribution in [-0.4, -0.2) is 23.7 Å². The molecule has 1 spiro atoms. The number of carboxylic acid groups (broad SMARTS) is 1. The van der Waals surface area contributed by atoms with Gasteiger partial charge in [-0.05, 0) is 80.0 Å². The van der Waals surface area contributed by atoms with Gasteiger partial charge in [0.15, 0.2) is 0 Å². The van der Waals surface area contributed by atoms with Crippen molar-refractivity contribution in [1.82, 2.24) is 0 Å². The Morgan fingerprint density at radius 3 is 2.50 bits per heavy atom. The van der Waals surface area contributed by atoms with E-state index in [4.69, 9.17) is 4.74 Å². The number of aliphatic carboxylic acids is 1. The van der Waals surface area contributed by atoms with E-state index in [2.05, 4.69) is 13.8 Å². The van der Waals surface area contributed by atoms with E-state index in [9.17, 15) is 14.7 Å². The highest BCUT2D eigenvalue weighted by Gasteiger charge is 2.65. The third-order valence-corrected chi connectivity index (χ3v) is 9.18. The van der Waals surface area contributed by atoms with Crippen molar-refractivity contribution in [1.29, 1.82) is 0 Å². The lowest BCUT2D eigenvalue weighted by atomic mass is 9.41. The van der Waals surface area contributed by atoms with Gasteiger partial charge in [-0.15, -0.1) is 0 Å². The Morgan fingerprint density at radius 1 is 1.04 bits per heavy atom. The Kier molecular flexibility index (Phi) is 4.20. The Morgan fingerprint density at radius 2 is 1.81 bits per heavy atom. The van der Waals surface area contributed by atoms with Gasteiger partial charge in [-0.3, -0.25) is 9.59 Å². The van der Waals surface area contributed by atoms with Crippen LogP contribution in [0.25, 0.3) is 0 Å². The zero-order chi connectivity index (χ0) is 18.7. The molecule has 4 fully saturated rings. The van der Waals surface area contributed by atoms with Crippen LogP contribution < -0.4 is 0 Å². The monoisotopic (exact) mass is 362 g/mol. The van der Waals surface area contributed by atoms with Crippen LogP contribution in [-0.2, 0) is 14.3 Å². The minimum atomic E-state index is -0.567. The Labute approximate surface area is 157 Å². The summed E-state index contributed by atoms with van der Waals surface area (Å²) in [6.45, 7) is 6.87. The van der Waals surface area contributed by atoms with Gasteiger partial charge in [0, 0.05) is 12.3 Å². The molecule has 4 rings (SSSR count). The predicted molar refractivity (Wildman–Crippen MR) is 98.4 cm³/mol. The lowest BCUT2D eigenvalue weighted by Gasteiger charge is -2.64. The van der Waals surface area contributed by atoms with E-state index >= 15 is 0 Å². The Balaban J connectivity index is 1.63. The van der Waals surface area contributed by atoms with Gasteiger partial charge in [-0.25, -0.2) is 0 Å². The minimum Gasteiger partial charge on any atom is -0.481 e. The van der Waals surface area contributed by atoms with Crippen molar-refractivity contribution in [3.63, 3.8) is 0 Å². The van der Waals surface area contributed by atoms with Gasteiger partial charge in [-0.1, -0.05) is 20.3 Å². The van der Waals surface area contributed by atoms with E-state index in [0.29, 0.717) is 24.4 Å². The molecule has 4 heteroatoms. The standard InChI is InChI=1S/C22H34O4/c1-14(23)26-13-20(2)8-4-9-21(3)17(20)7-10-22-11-15(5-6-18(21)22)16(12-22)19(24)25/h15-18H,4-13H2,1-3H3,(H,24,25)/t15?,16-,17+,18-,20-,21+,22+/m0/s1. The number of ether oxygens (including phenoxy) is 1. The number of carboxylic acids is 1. The summed E-state index contributed by atoms with van der Waals surface area (Å²) in [5, 5.41) is 9.70. The van der Waals surface area contributed by atoms with E-state index < -0.39 is 5.97 Å². The van der Waals surface area contributed by atoms with Crippen molar-refractivity contribution >= 4 is 11.9 Å². The average Bonchev–Trinajstić information content (AvgIpc) is 2.84. The fraction of sp³-hybridized carbons (Fsp3) is 0.909. The second-order valence-corrected chi connectivity index (χ2v) is 10.5. The first-order valence-corrected chi connectivity index (χ1v) is 10.6. The van der Waals surface area contributed by atoms with Crippen molar-refractivity contribution in [3.05, 3.63) is 0 Å². The number of rotatable bonds is 3. The van der Waals surface area contributed by atoms with Crippen molar-refractivity contribution in [3.8, 4) is 0 Å². The van der Waals surface area contributed by atoms with Gasteiger partial charge in [0.1, 0.15) is 0 Å². The molecule has 0 heterocycles. The molecular weight excluding hydrogens is 328 g/mol. The topological polar surface area (TPSA) is 63.6 Å². The average molecular weight is 363 g/mol. The highest BCUT2D eigenvalue weighted by atomic mass is 16.5. The van der Waals surface area contributed by atoms with E-state index in [1.54, 1.807) is 0 Å². The molecule has 1 unspecified atom stereocenters. The molecule has 0 aromatic rings. The predicted octanol–water partition coefficient (Wildman–Crippen LogP) is 4.66. The number of fused-ring (bicyclic) bond motifs is 3. The van der Waals surface area contributed by atoms with Crippen LogP contribution in [0.3, 0.4) is 0 Å². The summed E-state index contributed by atoms with van der Waals surface area (Å²) in [7, 11) is 0. The molecule has 146 valence electrons. The molecule has 4 saturated carbocycles. The highest BCUT2D eigenvalue weighted by Crippen LogP contribution is 2.72. The van der Waals surface area contributed by atoms with Crippen LogP contribution in [0.5, 0.6) is 0 Å². The molecule has 0 aliphatic heterocycles. The molecule has 4 nitrogen and oxygen atoms in total. The maximum absolute atomic E-state index is 11.8. The van der Waals surface area contributed by atoms with Crippen LogP contribution >= 0.6 is 0 Å². The molecule has 2 bridgehead atoms. The van der Waals surface area contributed by atoms with Gasteiger partial charge >= 0.3 is 11.9 Å². The number of carbonyl (C=O) groups excluding carboxylic acids is 1. The normalized spacial score (nSPS) is 49.8. The molecule has 4 aliphatic carbocycles. The van der Waals surface area contributed by atoms with Crippen molar-refractivity contribution < 1.29 is 19.4 Å². The molecular formula is C22H34O4. The molecule has 4 aliphatic rings. The molecule has 0 aromatic heterocycles. The van der Waals surface area contributed by atoms with Gasteiger partial charge in [0.2, 0.25) is 0 Å². The smallest absolute Gasteiger partial charge is 0.306 e. The minimum absolute atomic E-state index is 0.0714. The zero-order valence-electron chi connectivity index (χ0n) is 16.6. The van der Waals surface area contributed by atoms with Crippen molar-refractivity contribution in [2.75, 3.05) is 6.61 Å². The van der Waals surface area contributed by atoms with Gasteiger partial charge in [0.05, 0.1) is 12.5 Å². The third kappa shape index (κ3) is 2.54. The van der Waals surface area contributed by atoms with Crippen LogP contribution in [0.2, 0.25) is 0 Å². The van der Waals surface area contributed by atoms with Crippen molar-refractivity contribution in [2.45, 2.75) is 78.6 Å². The highest BCUT2D eigenvalue weighted by molar-refractivity contribution is 5.71. The maximum atomic E-state index is 11.8. The van der Waals surface area contributed by atoms with E-state index in [0.717, 1.165) is 25.7 Å². The van der Waals surface area contributed by atoms with Crippen molar-refractivity contribution in [2.24, 2.45) is 39.9 Å². The summed E-state index contributed by atoms with van der Waals surface area (Å²) in [6.07, 6.45) is 10.3. The third-order valence-electron chi connectivity index (χ3n) is 9.18. The van der Waals surface area contributed by atoms with Crippen LogP contribution in [0.1, 0.15) is 78.6 Å². The number of carbonyl (C=O) groups is 2. The number of hydrogen-bond donors (Lipinski definition) is 1.